The Morgan fingerprint density at radius 2 is 1.88 bits per heavy atom. The average molecular weight is 339 g/mol. The Hall–Kier alpha value is -1.84. The van der Waals surface area contributed by atoms with E-state index in [0.717, 1.165) is 38.1 Å². The summed E-state index contributed by atoms with van der Waals surface area (Å²) >= 11 is 0. The molecule has 1 N–H and O–H groups in total. The van der Waals surface area contributed by atoms with Crippen LogP contribution in [0.5, 0.6) is 5.75 Å². The van der Waals surface area contributed by atoms with E-state index in [4.69, 9.17) is 4.74 Å². The molecule has 0 saturated heterocycles. The number of hydrogen-bond donors (Lipinski definition) is 1. The van der Waals surface area contributed by atoms with Crippen LogP contribution >= 0.6 is 0 Å². The van der Waals surface area contributed by atoms with Gasteiger partial charge in [0.05, 0.1) is 0 Å². The molecule has 1 saturated carbocycles. The predicted molar refractivity (Wildman–Crippen MR) is 102 cm³/mol. The van der Waals surface area contributed by atoms with Crippen molar-refractivity contribution in [1.82, 2.24) is 4.90 Å². The molecule has 0 aliphatic heterocycles. The van der Waals surface area contributed by atoms with E-state index in [9.17, 15) is 5.11 Å². The van der Waals surface area contributed by atoms with Gasteiger partial charge in [-0.2, -0.15) is 0 Å². The zero-order valence-electron chi connectivity index (χ0n) is 15.3. The van der Waals surface area contributed by atoms with Crippen molar-refractivity contribution in [3.05, 3.63) is 65.7 Å². The fourth-order valence-corrected chi connectivity index (χ4v) is 3.79. The first-order valence-corrected chi connectivity index (χ1v) is 9.36. The monoisotopic (exact) mass is 339 g/mol. The summed E-state index contributed by atoms with van der Waals surface area (Å²) in [5, 5.41) is 11.0. The van der Waals surface area contributed by atoms with Crippen molar-refractivity contribution < 1.29 is 9.84 Å². The normalized spacial score (nSPS) is 23.6. The number of aliphatic hydroxyl groups is 1. The molecule has 0 radical (unpaired) electrons. The highest BCUT2D eigenvalue weighted by Gasteiger charge is 2.36. The molecule has 0 spiro atoms. The lowest BCUT2D eigenvalue weighted by atomic mass is 9.88. The average Bonchev–Trinajstić information content (AvgIpc) is 2.63. The minimum absolute atomic E-state index is 0.134. The Labute approximate surface area is 151 Å². The maximum Gasteiger partial charge on any atom is 0.126 e. The van der Waals surface area contributed by atoms with Crippen LogP contribution in [0.15, 0.2) is 54.6 Å². The smallest absolute Gasteiger partial charge is 0.126 e. The SMILES string of the molecule is CCN(Cc1ccccc1)[C@H]1CCC[C@@H](Oc2cccc(C)c2)[C@@H]1O. The fraction of sp³-hybridized carbons (Fsp3) is 0.455. The molecule has 1 aliphatic carbocycles. The van der Waals surface area contributed by atoms with Crippen molar-refractivity contribution in [3.63, 3.8) is 0 Å². The molecule has 1 aliphatic rings. The summed E-state index contributed by atoms with van der Waals surface area (Å²) in [6, 6.07) is 18.7. The molecule has 0 bridgehead atoms. The first-order chi connectivity index (χ1) is 12.2. The predicted octanol–water partition coefficient (Wildman–Crippen LogP) is 4.18. The lowest BCUT2D eigenvalue weighted by Gasteiger charge is -2.41. The van der Waals surface area contributed by atoms with Crippen LogP contribution in [-0.2, 0) is 6.54 Å². The van der Waals surface area contributed by atoms with E-state index in [1.54, 1.807) is 0 Å². The molecule has 0 unspecified atom stereocenters. The minimum Gasteiger partial charge on any atom is -0.488 e. The number of nitrogens with zero attached hydrogens (tertiary/aromatic N) is 1. The van der Waals surface area contributed by atoms with Gasteiger partial charge >= 0.3 is 0 Å². The van der Waals surface area contributed by atoms with Crippen molar-refractivity contribution in [2.45, 2.75) is 57.9 Å². The van der Waals surface area contributed by atoms with Crippen LogP contribution in [0.3, 0.4) is 0 Å². The molecule has 3 atom stereocenters. The summed E-state index contributed by atoms with van der Waals surface area (Å²) in [6.07, 6.45) is 2.43. The van der Waals surface area contributed by atoms with Gasteiger partial charge in [-0.25, -0.2) is 0 Å². The second kappa shape index (κ2) is 8.50. The Balaban J connectivity index is 1.68. The Bertz CT molecular complexity index is 658. The van der Waals surface area contributed by atoms with E-state index >= 15 is 0 Å². The molecule has 3 rings (SSSR count). The minimum atomic E-state index is -0.460. The highest BCUT2D eigenvalue weighted by Crippen LogP contribution is 2.28. The number of benzene rings is 2. The second-order valence-corrected chi connectivity index (χ2v) is 7.01. The van der Waals surface area contributed by atoms with E-state index in [0.29, 0.717) is 0 Å². The maximum absolute atomic E-state index is 11.0. The highest BCUT2D eigenvalue weighted by molar-refractivity contribution is 5.27. The molecule has 25 heavy (non-hydrogen) atoms. The molecule has 2 aromatic rings. The zero-order chi connectivity index (χ0) is 17.6. The summed E-state index contributed by atoms with van der Waals surface area (Å²) < 4.78 is 6.15. The molecule has 1 fully saturated rings. The van der Waals surface area contributed by atoms with Crippen LogP contribution in [0.2, 0.25) is 0 Å². The third-order valence-corrected chi connectivity index (χ3v) is 5.14. The standard InChI is InChI=1S/C22H29NO2/c1-3-23(16-18-10-5-4-6-11-18)20-13-8-14-21(22(20)24)25-19-12-7-9-17(2)15-19/h4-7,9-12,15,20-22,24H,3,8,13-14,16H2,1-2H3/t20-,21+,22+/m0/s1. The second-order valence-electron chi connectivity index (χ2n) is 7.01. The van der Waals surface area contributed by atoms with Gasteiger partial charge in [0, 0.05) is 12.6 Å². The summed E-state index contributed by atoms with van der Waals surface area (Å²) in [5.74, 6) is 0.857. The summed E-state index contributed by atoms with van der Waals surface area (Å²) in [4.78, 5) is 2.38. The van der Waals surface area contributed by atoms with Crippen molar-refractivity contribution in [2.75, 3.05) is 6.54 Å². The van der Waals surface area contributed by atoms with E-state index < -0.39 is 6.10 Å². The van der Waals surface area contributed by atoms with Gasteiger partial charge in [-0.1, -0.05) is 49.4 Å². The number of hydrogen-bond acceptors (Lipinski definition) is 3. The van der Waals surface area contributed by atoms with Gasteiger partial charge in [0.15, 0.2) is 0 Å². The molecular weight excluding hydrogens is 310 g/mol. The Morgan fingerprint density at radius 1 is 1.08 bits per heavy atom. The largest absolute Gasteiger partial charge is 0.488 e. The lowest BCUT2D eigenvalue weighted by Crippen LogP contribution is -2.52. The molecule has 0 aromatic heterocycles. The van der Waals surface area contributed by atoms with Gasteiger partial charge in [-0.3, -0.25) is 4.90 Å². The van der Waals surface area contributed by atoms with Crippen LogP contribution in [0.4, 0.5) is 0 Å². The third kappa shape index (κ3) is 4.62. The van der Waals surface area contributed by atoms with Gasteiger partial charge in [0.25, 0.3) is 0 Å². The molecule has 0 heterocycles. The number of aliphatic hydroxyl groups excluding tert-OH is 1. The topological polar surface area (TPSA) is 32.7 Å². The first-order valence-electron chi connectivity index (χ1n) is 9.36. The molecule has 2 aromatic carbocycles. The van der Waals surface area contributed by atoms with Crippen molar-refractivity contribution in [3.8, 4) is 5.75 Å². The van der Waals surface area contributed by atoms with Gasteiger partial charge in [-0.05, 0) is 56.0 Å². The summed E-state index contributed by atoms with van der Waals surface area (Å²) in [5.41, 5.74) is 2.47. The zero-order valence-corrected chi connectivity index (χ0v) is 15.3. The van der Waals surface area contributed by atoms with Gasteiger partial charge in [-0.15, -0.1) is 0 Å². The molecule has 3 heteroatoms. The third-order valence-electron chi connectivity index (χ3n) is 5.14. The maximum atomic E-state index is 11.0. The van der Waals surface area contributed by atoms with Crippen LogP contribution in [0.25, 0.3) is 0 Å². The molecule has 0 amide bonds. The van der Waals surface area contributed by atoms with Crippen molar-refractivity contribution >= 4 is 0 Å². The summed E-state index contributed by atoms with van der Waals surface area (Å²) in [7, 11) is 0. The van der Waals surface area contributed by atoms with E-state index in [1.165, 1.54) is 11.1 Å². The Morgan fingerprint density at radius 3 is 2.60 bits per heavy atom. The van der Waals surface area contributed by atoms with E-state index in [1.807, 2.05) is 24.3 Å². The number of ether oxygens (including phenoxy) is 1. The van der Waals surface area contributed by atoms with Crippen molar-refractivity contribution in [2.24, 2.45) is 0 Å². The van der Waals surface area contributed by atoms with Crippen LogP contribution in [0, 0.1) is 6.92 Å². The van der Waals surface area contributed by atoms with Crippen LogP contribution < -0.4 is 4.74 Å². The van der Waals surface area contributed by atoms with Gasteiger partial charge in [0.2, 0.25) is 0 Å². The van der Waals surface area contributed by atoms with Crippen LogP contribution in [-0.4, -0.2) is 34.8 Å². The van der Waals surface area contributed by atoms with E-state index in [2.05, 4.69) is 49.1 Å². The quantitative estimate of drug-likeness (QED) is 0.857. The van der Waals surface area contributed by atoms with E-state index in [-0.39, 0.29) is 12.1 Å². The highest BCUT2D eigenvalue weighted by atomic mass is 16.5. The fourth-order valence-electron chi connectivity index (χ4n) is 3.79. The number of likely N-dealkylation sites (N-methyl/N-ethyl adjacent to an activating group) is 1. The van der Waals surface area contributed by atoms with Crippen molar-refractivity contribution in [1.29, 1.82) is 0 Å². The molecular formula is C22H29NO2. The molecule has 3 nitrogen and oxygen atoms in total. The Kier molecular flexibility index (Phi) is 6.11. The lowest BCUT2D eigenvalue weighted by molar-refractivity contribution is -0.0546. The summed E-state index contributed by atoms with van der Waals surface area (Å²) in [6.45, 7) is 6.02. The van der Waals surface area contributed by atoms with Crippen LogP contribution in [0.1, 0.15) is 37.3 Å². The number of aryl methyl sites for hydroxylation is 1. The number of rotatable bonds is 6. The first kappa shape index (κ1) is 18.0. The van der Waals surface area contributed by atoms with Gasteiger partial charge < -0.3 is 9.84 Å². The van der Waals surface area contributed by atoms with Gasteiger partial charge in [0.1, 0.15) is 18.0 Å². The molecule has 134 valence electrons.